The summed E-state index contributed by atoms with van der Waals surface area (Å²) < 4.78 is 28.4. The second-order valence-electron chi connectivity index (χ2n) is 5.30. The maximum Gasteiger partial charge on any atom is 0.282 e. The quantitative estimate of drug-likeness (QED) is 0.940. The van der Waals surface area contributed by atoms with E-state index >= 15 is 0 Å². The summed E-state index contributed by atoms with van der Waals surface area (Å²) in [7, 11) is -3.36. The van der Waals surface area contributed by atoms with Crippen LogP contribution in [0.25, 0.3) is 10.9 Å². The number of hydrogen-bond donors (Lipinski definition) is 1. The van der Waals surface area contributed by atoms with Gasteiger partial charge in [0.25, 0.3) is 10.2 Å². The van der Waals surface area contributed by atoms with Crippen molar-refractivity contribution in [1.29, 1.82) is 0 Å². The van der Waals surface area contributed by atoms with Crippen LogP contribution in [0.1, 0.15) is 25.1 Å². The zero-order valence-corrected chi connectivity index (χ0v) is 13.3. The van der Waals surface area contributed by atoms with E-state index in [0.29, 0.717) is 26.2 Å². The van der Waals surface area contributed by atoms with Crippen LogP contribution in [0.15, 0.2) is 24.3 Å². The third-order valence-corrected chi connectivity index (χ3v) is 6.34. The van der Waals surface area contributed by atoms with Gasteiger partial charge in [-0.15, -0.1) is 0 Å². The molecular weight excluding hydrogens is 286 g/mol. The SMILES string of the molecule is CCN(CC)S(=O)(=O)N1CCc2[nH]c3ccccc3c2C1. The summed E-state index contributed by atoms with van der Waals surface area (Å²) in [6.45, 7) is 5.77. The number of nitrogens with one attached hydrogen (secondary N) is 1. The second-order valence-corrected chi connectivity index (χ2v) is 7.23. The summed E-state index contributed by atoms with van der Waals surface area (Å²) in [5.41, 5.74) is 3.37. The number of aromatic amines is 1. The highest BCUT2D eigenvalue weighted by Crippen LogP contribution is 2.29. The fraction of sp³-hybridized carbons (Fsp3) is 0.467. The molecule has 0 bridgehead atoms. The molecule has 21 heavy (non-hydrogen) atoms. The fourth-order valence-electron chi connectivity index (χ4n) is 3.05. The standard InChI is InChI=1S/C15H21N3O2S/c1-3-17(4-2)21(19,20)18-10-9-15-13(11-18)12-7-5-6-8-14(12)16-15/h5-8,16H,3-4,9-11H2,1-2H3. The molecule has 0 amide bonds. The van der Waals surface area contributed by atoms with Crippen molar-refractivity contribution >= 4 is 21.1 Å². The Morgan fingerprint density at radius 2 is 1.95 bits per heavy atom. The minimum absolute atomic E-state index is 0.457. The maximum absolute atomic E-state index is 12.7. The molecule has 1 aromatic carbocycles. The summed E-state index contributed by atoms with van der Waals surface area (Å²) in [5, 5.41) is 1.13. The number of benzene rings is 1. The van der Waals surface area contributed by atoms with Crippen LogP contribution in [-0.2, 0) is 23.2 Å². The predicted octanol–water partition coefficient (Wildman–Crippen LogP) is 2.11. The predicted molar refractivity (Wildman–Crippen MR) is 84.3 cm³/mol. The first-order valence-corrected chi connectivity index (χ1v) is 8.81. The van der Waals surface area contributed by atoms with E-state index in [9.17, 15) is 8.42 Å². The number of hydrogen-bond acceptors (Lipinski definition) is 2. The van der Waals surface area contributed by atoms with Gasteiger partial charge in [-0.2, -0.15) is 17.0 Å². The average molecular weight is 307 g/mol. The summed E-state index contributed by atoms with van der Waals surface area (Å²) >= 11 is 0. The summed E-state index contributed by atoms with van der Waals surface area (Å²) in [6, 6.07) is 8.08. The monoisotopic (exact) mass is 307 g/mol. The number of aromatic nitrogens is 1. The molecule has 1 aliphatic heterocycles. The minimum Gasteiger partial charge on any atom is -0.358 e. The Labute approximate surface area is 125 Å². The van der Waals surface area contributed by atoms with Crippen LogP contribution in [0.2, 0.25) is 0 Å². The Bertz CT molecular complexity index is 747. The summed E-state index contributed by atoms with van der Waals surface area (Å²) in [5.74, 6) is 0. The van der Waals surface area contributed by atoms with Crippen molar-refractivity contribution in [2.24, 2.45) is 0 Å². The van der Waals surface area contributed by atoms with Crippen LogP contribution in [-0.4, -0.2) is 41.6 Å². The molecular formula is C15H21N3O2S. The van der Waals surface area contributed by atoms with Crippen molar-refractivity contribution in [3.05, 3.63) is 35.5 Å². The van der Waals surface area contributed by atoms with Gasteiger partial charge in [0.1, 0.15) is 0 Å². The van der Waals surface area contributed by atoms with Gasteiger partial charge < -0.3 is 4.98 Å². The minimum atomic E-state index is -3.36. The summed E-state index contributed by atoms with van der Waals surface area (Å²) in [6.07, 6.45) is 0.741. The van der Waals surface area contributed by atoms with Gasteiger partial charge in [0.2, 0.25) is 0 Å². The zero-order valence-electron chi connectivity index (χ0n) is 12.5. The van der Waals surface area contributed by atoms with Crippen molar-refractivity contribution in [2.75, 3.05) is 19.6 Å². The fourth-order valence-corrected chi connectivity index (χ4v) is 4.65. The van der Waals surface area contributed by atoms with E-state index in [-0.39, 0.29) is 0 Å². The van der Waals surface area contributed by atoms with E-state index in [0.717, 1.165) is 22.9 Å². The highest BCUT2D eigenvalue weighted by atomic mass is 32.2. The third kappa shape index (κ3) is 2.37. The molecule has 0 saturated carbocycles. The lowest BCUT2D eigenvalue weighted by molar-refractivity contribution is 0.335. The van der Waals surface area contributed by atoms with Crippen molar-refractivity contribution in [3.8, 4) is 0 Å². The molecule has 0 atom stereocenters. The molecule has 2 heterocycles. The lowest BCUT2D eigenvalue weighted by Crippen LogP contribution is -2.45. The molecule has 0 unspecified atom stereocenters. The molecule has 1 aromatic heterocycles. The molecule has 1 aliphatic rings. The van der Waals surface area contributed by atoms with Gasteiger partial charge in [-0.05, 0) is 11.6 Å². The largest absolute Gasteiger partial charge is 0.358 e. The van der Waals surface area contributed by atoms with Crippen LogP contribution in [0.3, 0.4) is 0 Å². The van der Waals surface area contributed by atoms with E-state index in [2.05, 4.69) is 11.1 Å². The molecule has 0 aliphatic carbocycles. The Morgan fingerprint density at radius 3 is 2.67 bits per heavy atom. The van der Waals surface area contributed by atoms with Crippen LogP contribution in [0.5, 0.6) is 0 Å². The molecule has 3 rings (SSSR count). The van der Waals surface area contributed by atoms with E-state index in [1.165, 1.54) is 10.00 Å². The Balaban J connectivity index is 1.97. The van der Waals surface area contributed by atoms with Crippen LogP contribution >= 0.6 is 0 Å². The number of nitrogens with zero attached hydrogens (tertiary/aromatic N) is 2. The molecule has 114 valence electrons. The number of fused-ring (bicyclic) bond motifs is 3. The van der Waals surface area contributed by atoms with Gasteiger partial charge in [0.05, 0.1) is 0 Å². The molecule has 6 heteroatoms. The second kappa shape index (κ2) is 5.44. The first kappa shape index (κ1) is 14.6. The lowest BCUT2D eigenvalue weighted by Gasteiger charge is -2.31. The highest BCUT2D eigenvalue weighted by Gasteiger charge is 2.32. The van der Waals surface area contributed by atoms with E-state index in [1.54, 1.807) is 4.31 Å². The van der Waals surface area contributed by atoms with Crippen molar-refractivity contribution in [2.45, 2.75) is 26.8 Å². The first-order valence-electron chi connectivity index (χ1n) is 7.41. The molecule has 0 spiro atoms. The smallest absolute Gasteiger partial charge is 0.282 e. The number of H-pyrrole nitrogens is 1. The maximum atomic E-state index is 12.7. The lowest BCUT2D eigenvalue weighted by atomic mass is 10.1. The molecule has 0 radical (unpaired) electrons. The van der Waals surface area contributed by atoms with Crippen molar-refractivity contribution in [3.63, 3.8) is 0 Å². The number of para-hydroxylation sites is 1. The van der Waals surface area contributed by atoms with Crippen LogP contribution in [0, 0.1) is 0 Å². The molecule has 2 aromatic rings. The van der Waals surface area contributed by atoms with Gasteiger partial charge in [-0.25, -0.2) is 0 Å². The van der Waals surface area contributed by atoms with Crippen LogP contribution in [0.4, 0.5) is 0 Å². The van der Waals surface area contributed by atoms with Crippen LogP contribution < -0.4 is 0 Å². The molecule has 5 nitrogen and oxygen atoms in total. The normalized spacial score (nSPS) is 16.5. The van der Waals surface area contributed by atoms with Gasteiger partial charge in [0, 0.05) is 49.2 Å². The highest BCUT2D eigenvalue weighted by molar-refractivity contribution is 7.86. The Kier molecular flexibility index (Phi) is 3.77. The zero-order chi connectivity index (χ0) is 15.0. The van der Waals surface area contributed by atoms with Gasteiger partial charge in [-0.3, -0.25) is 0 Å². The van der Waals surface area contributed by atoms with Gasteiger partial charge >= 0.3 is 0 Å². The molecule has 0 saturated heterocycles. The van der Waals surface area contributed by atoms with Gasteiger partial charge in [-0.1, -0.05) is 32.0 Å². The molecule has 1 N–H and O–H groups in total. The van der Waals surface area contributed by atoms with Gasteiger partial charge in [0.15, 0.2) is 0 Å². The third-order valence-electron chi connectivity index (χ3n) is 4.21. The molecule has 0 fully saturated rings. The Hall–Kier alpha value is -1.37. The van der Waals surface area contributed by atoms with E-state index < -0.39 is 10.2 Å². The topological polar surface area (TPSA) is 56.4 Å². The van der Waals surface area contributed by atoms with Crippen molar-refractivity contribution in [1.82, 2.24) is 13.6 Å². The average Bonchev–Trinajstić information content (AvgIpc) is 2.86. The Morgan fingerprint density at radius 1 is 1.24 bits per heavy atom. The summed E-state index contributed by atoms with van der Waals surface area (Å²) in [4.78, 5) is 3.41. The van der Waals surface area contributed by atoms with Crippen molar-refractivity contribution < 1.29 is 8.42 Å². The van der Waals surface area contributed by atoms with E-state index in [1.807, 2.05) is 32.0 Å². The van der Waals surface area contributed by atoms with E-state index in [4.69, 9.17) is 0 Å². The first-order chi connectivity index (χ1) is 10.1. The number of rotatable bonds is 4.